The van der Waals surface area contributed by atoms with Crippen LogP contribution in [-0.2, 0) is 11.0 Å². The molecule has 0 aromatic carbocycles. The number of hydrogen-bond donors (Lipinski definition) is 1. The first-order valence-corrected chi connectivity index (χ1v) is 7.83. The van der Waals surface area contributed by atoms with Crippen molar-refractivity contribution < 1.29 is 13.0 Å². The van der Waals surface area contributed by atoms with E-state index in [-0.39, 0.29) is 0 Å². The molecule has 0 amide bonds. The molecule has 0 radical (unpaired) electrons. The number of nitrogens with zero attached hydrogens (tertiary/aromatic N) is 2. The zero-order valence-corrected chi connectivity index (χ0v) is 13.3. The van der Waals surface area contributed by atoms with Gasteiger partial charge in [0.1, 0.15) is 17.7 Å². The highest BCUT2D eigenvalue weighted by Crippen LogP contribution is 2.22. The minimum Gasteiger partial charge on any atom is -0.256 e. The summed E-state index contributed by atoms with van der Waals surface area (Å²) in [5.41, 5.74) is 0.913. The van der Waals surface area contributed by atoms with Crippen molar-refractivity contribution in [3.05, 3.63) is 59.7 Å². The molecule has 1 N–H and O–H groups in total. The van der Waals surface area contributed by atoms with Crippen molar-refractivity contribution in [3.8, 4) is 0 Å². The molecule has 0 saturated heterocycles. The lowest BCUT2D eigenvalue weighted by Gasteiger charge is -2.23. The van der Waals surface area contributed by atoms with Gasteiger partial charge < -0.3 is 0 Å². The van der Waals surface area contributed by atoms with Gasteiger partial charge in [-0.25, -0.2) is 17.7 Å². The second-order valence-corrected chi connectivity index (χ2v) is 7.73. The van der Waals surface area contributed by atoms with Crippen molar-refractivity contribution in [3.63, 3.8) is 0 Å². The molecule has 118 valence electrons. The Morgan fingerprint density at radius 3 is 1.77 bits per heavy atom. The fraction of sp³-hybridized carbons (Fsp3) is 0.333. The molecule has 0 bridgehead atoms. The van der Waals surface area contributed by atoms with E-state index >= 15 is 0 Å². The van der Waals surface area contributed by atoms with Gasteiger partial charge in [-0.3, -0.25) is 9.97 Å². The molecule has 0 aliphatic carbocycles. The maximum atomic E-state index is 13.0. The molecule has 4 nitrogen and oxygen atoms in total. The first kappa shape index (κ1) is 16.6. The molecule has 0 saturated carbocycles. The van der Waals surface area contributed by atoms with Gasteiger partial charge in [-0.05, 0) is 45.0 Å². The van der Waals surface area contributed by atoms with Crippen LogP contribution in [0.25, 0.3) is 0 Å². The minimum atomic E-state index is -1.40. The number of halogens is 2. The first-order chi connectivity index (χ1) is 10.3. The van der Waals surface area contributed by atoms with E-state index in [2.05, 4.69) is 14.7 Å². The zero-order valence-electron chi connectivity index (χ0n) is 12.5. The summed E-state index contributed by atoms with van der Waals surface area (Å²) in [5, 5.41) is 0. The number of nitrogens with one attached hydrogen (secondary N) is 1. The van der Waals surface area contributed by atoms with Gasteiger partial charge in [0.2, 0.25) is 0 Å². The molecule has 0 fully saturated rings. The minimum absolute atomic E-state index is 0.457. The second-order valence-electron chi connectivity index (χ2n) is 5.73. The molecular formula is C15H17F2N3OS. The predicted molar refractivity (Wildman–Crippen MR) is 81.3 cm³/mol. The van der Waals surface area contributed by atoms with Crippen LogP contribution in [0.1, 0.15) is 38.2 Å². The maximum Gasteiger partial charge on any atom is 0.141 e. The Hall–Kier alpha value is -1.73. The summed E-state index contributed by atoms with van der Waals surface area (Å²) in [7, 11) is -1.40. The third-order valence-electron chi connectivity index (χ3n) is 2.87. The predicted octanol–water partition coefficient (Wildman–Crippen LogP) is 2.90. The quantitative estimate of drug-likeness (QED) is 0.940. The van der Waals surface area contributed by atoms with Crippen LogP contribution < -0.4 is 4.72 Å². The smallest absolute Gasteiger partial charge is 0.141 e. The SMILES string of the molecule is CC(C)(C)S(=O)NC(c1ccc(F)cn1)c1ccc(F)cn1. The molecule has 1 unspecified atom stereocenters. The van der Waals surface area contributed by atoms with Gasteiger partial charge in [0, 0.05) is 0 Å². The third kappa shape index (κ3) is 4.14. The van der Waals surface area contributed by atoms with Crippen molar-refractivity contribution in [2.24, 2.45) is 0 Å². The Balaban J connectivity index is 2.38. The van der Waals surface area contributed by atoms with Crippen LogP contribution in [0, 0.1) is 11.6 Å². The van der Waals surface area contributed by atoms with E-state index in [1.165, 1.54) is 24.3 Å². The Kier molecular flexibility index (Phi) is 4.97. The lowest BCUT2D eigenvalue weighted by molar-refractivity contribution is 0.598. The molecule has 2 aromatic heterocycles. The monoisotopic (exact) mass is 325 g/mol. The van der Waals surface area contributed by atoms with Crippen molar-refractivity contribution >= 4 is 11.0 Å². The Morgan fingerprint density at radius 1 is 1.00 bits per heavy atom. The Bertz CT molecular complexity index is 608. The first-order valence-electron chi connectivity index (χ1n) is 6.68. The zero-order chi connectivity index (χ0) is 16.3. The molecule has 0 aliphatic rings. The van der Waals surface area contributed by atoms with Gasteiger partial charge in [0.15, 0.2) is 0 Å². The van der Waals surface area contributed by atoms with Crippen LogP contribution in [0.15, 0.2) is 36.7 Å². The normalized spacial score (nSPS) is 13.4. The van der Waals surface area contributed by atoms with Crippen LogP contribution >= 0.6 is 0 Å². The number of aromatic nitrogens is 2. The fourth-order valence-electron chi connectivity index (χ4n) is 1.67. The van der Waals surface area contributed by atoms with E-state index in [1.54, 1.807) is 0 Å². The van der Waals surface area contributed by atoms with Gasteiger partial charge >= 0.3 is 0 Å². The lowest BCUT2D eigenvalue weighted by atomic mass is 10.1. The summed E-state index contributed by atoms with van der Waals surface area (Å²) in [4.78, 5) is 8.01. The van der Waals surface area contributed by atoms with E-state index in [0.717, 1.165) is 12.4 Å². The van der Waals surface area contributed by atoms with Gasteiger partial charge in [-0.1, -0.05) is 0 Å². The van der Waals surface area contributed by atoms with E-state index in [4.69, 9.17) is 0 Å². The Morgan fingerprint density at radius 2 is 1.45 bits per heavy atom. The molecule has 0 aliphatic heterocycles. The van der Waals surface area contributed by atoms with Crippen molar-refractivity contribution in [2.45, 2.75) is 31.6 Å². The van der Waals surface area contributed by atoms with Gasteiger partial charge in [0.05, 0.1) is 39.5 Å². The van der Waals surface area contributed by atoms with Crippen molar-refractivity contribution in [1.82, 2.24) is 14.7 Å². The molecule has 2 rings (SSSR count). The highest BCUT2D eigenvalue weighted by atomic mass is 32.2. The molecule has 2 heterocycles. The van der Waals surface area contributed by atoms with Crippen LogP contribution in [0.4, 0.5) is 8.78 Å². The fourth-order valence-corrected chi connectivity index (χ4v) is 2.48. The highest BCUT2D eigenvalue weighted by Gasteiger charge is 2.26. The van der Waals surface area contributed by atoms with E-state index < -0.39 is 33.4 Å². The number of hydrogen-bond acceptors (Lipinski definition) is 3. The molecule has 0 spiro atoms. The summed E-state index contributed by atoms with van der Waals surface area (Å²) in [6.45, 7) is 5.47. The summed E-state index contributed by atoms with van der Waals surface area (Å²) < 4.78 is 40.9. The van der Waals surface area contributed by atoms with E-state index in [1.807, 2.05) is 20.8 Å². The van der Waals surface area contributed by atoms with Crippen LogP contribution in [0.2, 0.25) is 0 Å². The third-order valence-corrected chi connectivity index (χ3v) is 4.44. The molecule has 22 heavy (non-hydrogen) atoms. The summed E-state index contributed by atoms with van der Waals surface area (Å²) in [6, 6.07) is 4.87. The lowest BCUT2D eigenvalue weighted by Crippen LogP contribution is -2.36. The number of pyridine rings is 2. The largest absolute Gasteiger partial charge is 0.256 e. The van der Waals surface area contributed by atoms with Gasteiger partial charge in [0.25, 0.3) is 0 Å². The summed E-state index contributed by atoms with van der Waals surface area (Å²) >= 11 is 0. The molecule has 7 heteroatoms. The van der Waals surface area contributed by atoms with Gasteiger partial charge in [-0.15, -0.1) is 0 Å². The highest BCUT2D eigenvalue weighted by molar-refractivity contribution is 7.84. The summed E-state index contributed by atoms with van der Waals surface area (Å²) in [5.74, 6) is -0.932. The molecular weight excluding hydrogens is 308 g/mol. The van der Waals surface area contributed by atoms with Crippen LogP contribution in [-0.4, -0.2) is 18.9 Å². The van der Waals surface area contributed by atoms with Crippen LogP contribution in [0.3, 0.4) is 0 Å². The maximum absolute atomic E-state index is 13.0. The van der Waals surface area contributed by atoms with E-state index in [9.17, 15) is 13.0 Å². The Labute approximate surface area is 130 Å². The average Bonchev–Trinajstić information content (AvgIpc) is 2.46. The van der Waals surface area contributed by atoms with Crippen LogP contribution in [0.5, 0.6) is 0 Å². The summed E-state index contributed by atoms with van der Waals surface area (Å²) in [6.07, 6.45) is 2.15. The average molecular weight is 325 g/mol. The molecule has 2 aromatic rings. The topological polar surface area (TPSA) is 54.9 Å². The standard InChI is InChI=1S/C15H17F2N3OS/c1-15(2,3)22(21)20-14(12-6-4-10(16)8-18-12)13-7-5-11(17)9-19-13/h4-9,14,20H,1-3H3. The number of rotatable bonds is 4. The van der Waals surface area contributed by atoms with Crippen molar-refractivity contribution in [2.75, 3.05) is 0 Å². The molecule has 1 atom stereocenters. The van der Waals surface area contributed by atoms with Gasteiger partial charge in [-0.2, -0.15) is 0 Å². The van der Waals surface area contributed by atoms with E-state index in [0.29, 0.717) is 11.4 Å². The van der Waals surface area contributed by atoms with Crippen molar-refractivity contribution in [1.29, 1.82) is 0 Å². The second kappa shape index (κ2) is 6.58.